The Morgan fingerprint density at radius 3 is 2.69 bits per heavy atom. The quantitative estimate of drug-likeness (QED) is 0.225. The highest BCUT2D eigenvalue weighted by Gasteiger charge is 2.39. The van der Waals surface area contributed by atoms with Crippen molar-refractivity contribution in [3.8, 4) is 5.75 Å². The van der Waals surface area contributed by atoms with Gasteiger partial charge in [0.2, 0.25) is 0 Å². The summed E-state index contributed by atoms with van der Waals surface area (Å²) in [5.41, 5.74) is 1.95. The van der Waals surface area contributed by atoms with Gasteiger partial charge in [-0.3, -0.25) is 0 Å². The lowest BCUT2D eigenvalue weighted by Crippen LogP contribution is -2.45. The number of halogens is 1. The van der Waals surface area contributed by atoms with Gasteiger partial charge in [0.05, 0.1) is 23.3 Å². The number of anilines is 1. The zero-order valence-corrected chi connectivity index (χ0v) is 29.9. The number of fused-ring (bicyclic) bond motifs is 2. The molecule has 264 valence electrons. The summed E-state index contributed by atoms with van der Waals surface area (Å²) in [5.74, 6) is 1.33. The van der Waals surface area contributed by atoms with E-state index in [4.69, 9.17) is 35.7 Å². The molecule has 2 fully saturated rings. The van der Waals surface area contributed by atoms with E-state index in [1.165, 1.54) is 5.56 Å². The molecule has 0 aromatic heterocycles. The van der Waals surface area contributed by atoms with Gasteiger partial charge in [-0.1, -0.05) is 29.8 Å². The maximum atomic E-state index is 14.0. The van der Waals surface area contributed by atoms with E-state index in [0.29, 0.717) is 34.1 Å². The monoisotopic (exact) mass is 701 g/mol. The fraction of sp³-hybridized carbons (Fsp3) is 0.568. The number of nitrogens with zero attached hydrogens (tertiary/aromatic N) is 2. The number of aliphatic hydroxyl groups is 1. The van der Waals surface area contributed by atoms with E-state index in [2.05, 4.69) is 22.4 Å². The molecule has 5 rings (SSSR count). The standard InChI is InChI=1S/C37H52ClN3O6S/c1-5-20-46-37(3,4)36(42)40-48(39,43)30-16-18-34-32(23-30)41(19-9-7-11-26-22-29(38)15-13-28(26)25-45-34)24-27-14-17-31(27)33(6-2)47-35-12-8-10-21-44-35/h5-6,13,15-16,18,22-23,27,31,33,35-36,42H,1-2,7-12,14,17,19-21,24-25H2,3-4H3,(H2,39,40,43)/t27-,31+,33?,35?,36?,48?/m0/s1. The van der Waals surface area contributed by atoms with E-state index in [0.717, 1.165) is 82.3 Å². The molecule has 3 N–H and O–H groups in total. The van der Waals surface area contributed by atoms with Crippen molar-refractivity contribution >= 4 is 27.2 Å². The number of aliphatic hydroxyl groups excluding tert-OH is 1. The third-order valence-electron chi connectivity index (χ3n) is 9.77. The Balaban J connectivity index is 1.46. The van der Waals surface area contributed by atoms with Crippen molar-refractivity contribution in [2.24, 2.45) is 21.3 Å². The van der Waals surface area contributed by atoms with Crippen molar-refractivity contribution in [1.29, 1.82) is 0 Å². The summed E-state index contributed by atoms with van der Waals surface area (Å²) in [7, 11) is -3.51. The van der Waals surface area contributed by atoms with E-state index >= 15 is 0 Å². The maximum Gasteiger partial charge on any atom is 0.184 e. The number of rotatable bonds is 12. The van der Waals surface area contributed by atoms with Crippen LogP contribution >= 0.6 is 11.6 Å². The fourth-order valence-electron chi connectivity index (χ4n) is 6.65. The van der Waals surface area contributed by atoms with Gasteiger partial charge in [0.1, 0.15) is 27.9 Å². The average Bonchev–Trinajstić information content (AvgIpc) is 3.08. The topological polar surface area (TPSA) is 116 Å². The average molecular weight is 702 g/mol. The first-order valence-electron chi connectivity index (χ1n) is 17.2. The molecule has 0 amide bonds. The Bertz CT molecular complexity index is 1540. The van der Waals surface area contributed by atoms with E-state index in [9.17, 15) is 9.32 Å². The van der Waals surface area contributed by atoms with Crippen molar-refractivity contribution in [1.82, 2.24) is 0 Å². The highest BCUT2D eigenvalue weighted by atomic mass is 35.5. The molecule has 11 heteroatoms. The molecule has 2 aromatic rings. The van der Waals surface area contributed by atoms with Gasteiger partial charge in [0.15, 0.2) is 12.5 Å². The zero-order valence-electron chi connectivity index (χ0n) is 28.4. The Labute approximate surface area is 291 Å². The van der Waals surface area contributed by atoms with Gasteiger partial charge >= 0.3 is 0 Å². The molecule has 0 radical (unpaired) electrons. The fourth-order valence-corrected chi connectivity index (χ4v) is 8.06. The minimum absolute atomic E-state index is 0.0909. The van der Waals surface area contributed by atoms with E-state index < -0.39 is 21.7 Å². The predicted molar refractivity (Wildman–Crippen MR) is 192 cm³/mol. The first-order chi connectivity index (χ1) is 23.0. The number of ether oxygens (including phenoxy) is 4. The van der Waals surface area contributed by atoms with Gasteiger partial charge in [0, 0.05) is 24.7 Å². The lowest BCUT2D eigenvalue weighted by atomic mass is 9.70. The second kappa shape index (κ2) is 16.5. The van der Waals surface area contributed by atoms with Crippen LogP contribution in [0.2, 0.25) is 5.02 Å². The summed E-state index contributed by atoms with van der Waals surface area (Å²) < 4.78 is 42.7. The molecule has 2 aliphatic heterocycles. The summed E-state index contributed by atoms with van der Waals surface area (Å²) in [5, 5.41) is 18.0. The van der Waals surface area contributed by atoms with Crippen LogP contribution in [0.1, 0.15) is 69.9 Å². The van der Waals surface area contributed by atoms with Crippen LogP contribution in [0.3, 0.4) is 0 Å². The van der Waals surface area contributed by atoms with Gasteiger partial charge in [-0.2, -0.15) is 4.36 Å². The molecule has 9 nitrogen and oxygen atoms in total. The molecule has 1 aliphatic carbocycles. The van der Waals surface area contributed by atoms with Crippen molar-refractivity contribution < 1.29 is 28.3 Å². The largest absolute Gasteiger partial charge is 0.487 e. The lowest BCUT2D eigenvalue weighted by Gasteiger charge is -2.44. The van der Waals surface area contributed by atoms with Crippen molar-refractivity contribution in [2.75, 3.05) is 31.2 Å². The van der Waals surface area contributed by atoms with Crippen LogP contribution in [0, 0.1) is 11.8 Å². The Morgan fingerprint density at radius 2 is 1.98 bits per heavy atom. The Hall–Kier alpha value is -2.44. The third kappa shape index (κ3) is 9.21. The van der Waals surface area contributed by atoms with Crippen molar-refractivity contribution in [3.63, 3.8) is 0 Å². The molecule has 3 aliphatic rings. The number of benzene rings is 2. The molecule has 6 atom stereocenters. The number of hydrogen-bond donors (Lipinski definition) is 2. The van der Waals surface area contributed by atoms with Gasteiger partial charge in [-0.15, -0.1) is 13.2 Å². The molecular formula is C37H52ClN3O6S. The molecule has 2 heterocycles. The Morgan fingerprint density at radius 1 is 1.15 bits per heavy atom. The van der Waals surface area contributed by atoms with Gasteiger partial charge in [-0.25, -0.2) is 9.35 Å². The highest BCUT2D eigenvalue weighted by molar-refractivity contribution is 7.91. The first kappa shape index (κ1) is 36.8. The number of hydrogen-bond acceptors (Lipinski definition) is 8. The zero-order chi connectivity index (χ0) is 34.3. The van der Waals surface area contributed by atoms with Crippen LogP contribution in [0.4, 0.5) is 5.69 Å². The minimum Gasteiger partial charge on any atom is -0.487 e. The minimum atomic E-state index is -3.51. The molecule has 1 saturated carbocycles. The Kier molecular flexibility index (Phi) is 12.7. The number of aryl methyl sites for hydroxylation is 1. The molecule has 1 saturated heterocycles. The van der Waals surface area contributed by atoms with Crippen LogP contribution < -0.4 is 14.8 Å². The second-order valence-electron chi connectivity index (χ2n) is 13.6. The van der Waals surface area contributed by atoms with Crippen LogP contribution in [-0.2, 0) is 37.2 Å². The SMILES string of the molecule is C=CCOC(C)(C)C(O)N=S(N)(=O)c1ccc2c(c1)N(C[C@@H]1CC[C@H]1C(C=C)OC1CCCCO1)CCCCc1cc(Cl)ccc1CO2. The van der Waals surface area contributed by atoms with Crippen molar-refractivity contribution in [2.45, 2.75) is 101 Å². The molecule has 0 spiro atoms. The van der Waals surface area contributed by atoms with Crippen LogP contribution in [-0.4, -0.2) is 59.8 Å². The van der Waals surface area contributed by atoms with Gasteiger partial charge in [0.25, 0.3) is 0 Å². The maximum absolute atomic E-state index is 14.0. The molecular weight excluding hydrogens is 650 g/mol. The van der Waals surface area contributed by atoms with Crippen LogP contribution in [0.5, 0.6) is 5.75 Å². The lowest BCUT2D eigenvalue weighted by molar-refractivity contribution is -0.197. The second-order valence-corrected chi connectivity index (χ2v) is 15.9. The van der Waals surface area contributed by atoms with Gasteiger partial charge < -0.3 is 29.0 Å². The van der Waals surface area contributed by atoms with E-state index in [1.807, 2.05) is 36.4 Å². The van der Waals surface area contributed by atoms with Crippen LogP contribution in [0.25, 0.3) is 0 Å². The van der Waals surface area contributed by atoms with E-state index in [1.54, 1.807) is 26.0 Å². The molecule has 48 heavy (non-hydrogen) atoms. The summed E-state index contributed by atoms with van der Waals surface area (Å²) in [6.07, 6.45) is 9.81. The van der Waals surface area contributed by atoms with E-state index in [-0.39, 0.29) is 19.0 Å². The summed E-state index contributed by atoms with van der Waals surface area (Å²) in [4.78, 5) is 2.64. The third-order valence-corrected chi connectivity index (χ3v) is 11.4. The van der Waals surface area contributed by atoms with Crippen LogP contribution in [0.15, 0.2) is 71.0 Å². The normalized spacial score (nSPS) is 24.3. The highest BCUT2D eigenvalue weighted by Crippen LogP contribution is 2.42. The molecule has 0 bridgehead atoms. The number of nitrogens with two attached hydrogens (primary N) is 1. The smallest absolute Gasteiger partial charge is 0.184 e. The summed E-state index contributed by atoms with van der Waals surface area (Å²) >= 11 is 6.37. The summed E-state index contributed by atoms with van der Waals surface area (Å²) in [6, 6.07) is 11.2. The molecule has 2 aromatic carbocycles. The summed E-state index contributed by atoms with van der Waals surface area (Å²) in [6.45, 7) is 13.9. The van der Waals surface area contributed by atoms with Gasteiger partial charge in [-0.05, 0) is 119 Å². The first-order valence-corrected chi connectivity index (χ1v) is 19.1. The van der Waals surface area contributed by atoms with Crippen molar-refractivity contribution in [3.05, 3.63) is 77.9 Å². The molecule has 4 unspecified atom stereocenters. The predicted octanol–water partition coefficient (Wildman–Crippen LogP) is 7.19.